The van der Waals surface area contributed by atoms with Crippen LogP contribution in [0.15, 0.2) is 48.5 Å². The highest BCUT2D eigenvalue weighted by Crippen LogP contribution is 2.33. The Kier molecular flexibility index (Phi) is 9.02. The van der Waals surface area contributed by atoms with Crippen LogP contribution < -0.4 is 9.47 Å². The van der Waals surface area contributed by atoms with Gasteiger partial charge in [-0.3, -0.25) is 29.2 Å². The van der Waals surface area contributed by atoms with Crippen molar-refractivity contribution in [2.45, 2.75) is 64.8 Å². The molecule has 2 saturated heterocycles. The van der Waals surface area contributed by atoms with E-state index in [1.165, 1.54) is 9.80 Å². The van der Waals surface area contributed by atoms with Gasteiger partial charge < -0.3 is 19.7 Å². The number of carbonyl (C=O) groups excluding carboxylic acids is 4. The lowest BCUT2D eigenvalue weighted by atomic mass is 10.0. The third-order valence-electron chi connectivity index (χ3n) is 7.81. The molecule has 2 aliphatic rings. The first kappa shape index (κ1) is 31.8. The lowest BCUT2D eigenvalue weighted by molar-refractivity contribution is -0.134. The van der Waals surface area contributed by atoms with Crippen molar-refractivity contribution in [2.24, 2.45) is 0 Å². The van der Waals surface area contributed by atoms with Crippen molar-refractivity contribution in [3.05, 3.63) is 59.7 Å². The highest BCUT2D eigenvalue weighted by Gasteiger charge is 2.57. The highest BCUT2D eigenvalue weighted by atomic mass is 16.5. The summed E-state index contributed by atoms with van der Waals surface area (Å²) in [6, 6.07) is 13.1. The summed E-state index contributed by atoms with van der Waals surface area (Å²) in [5.41, 5.74) is -0.612. The number of aryl methyl sites for hydroxylation is 2. The summed E-state index contributed by atoms with van der Waals surface area (Å²) in [5.74, 6) is -0.0191. The number of hydrogen-bond donors (Lipinski definition) is 2. The van der Waals surface area contributed by atoms with Gasteiger partial charge in [-0.15, -0.1) is 0 Å². The van der Waals surface area contributed by atoms with Crippen molar-refractivity contribution in [2.75, 3.05) is 33.0 Å². The maximum Gasteiger partial charge on any atom is 0.329 e. The molecule has 0 aromatic heterocycles. The number of ether oxygens (including phenoxy) is 2. The van der Waals surface area contributed by atoms with E-state index in [1.54, 1.807) is 52.0 Å². The number of aliphatic hydroxyl groups excluding tert-OH is 2. The van der Waals surface area contributed by atoms with Crippen LogP contribution in [0, 0.1) is 13.8 Å². The Labute approximate surface area is 251 Å². The minimum atomic E-state index is -1.36. The van der Waals surface area contributed by atoms with Gasteiger partial charge in [0.05, 0.1) is 13.1 Å². The SMILES string of the molecule is Cc1ccc(OC[C@H](O)CN2C(=O)N(CN3C(=O)N(C[C@@H](O)COc4ccc(C)cc4)C(=O)C3(C)C)C(C)(C)C2=O)cc1. The van der Waals surface area contributed by atoms with Crippen LogP contribution in [-0.2, 0) is 9.59 Å². The molecule has 0 unspecified atom stereocenters. The van der Waals surface area contributed by atoms with Crippen LogP contribution in [0.25, 0.3) is 0 Å². The van der Waals surface area contributed by atoms with Crippen LogP contribution in [0.2, 0.25) is 0 Å². The summed E-state index contributed by atoms with van der Waals surface area (Å²) in [5, 5.41) is 21.1. The fourth-order valence-corrected chi connectivity index (χ4v) is 4.95. The zero-order valence-corrected chi connectivity index (χ0v) is 25.4. The monoisotopic (exact) mass is 596 g/mol. The summed E-state index contributed by atoms with van der Waals surface area (Å²) in [6.45, 7) is 8.80. The van der Waals surface area contributed by atoms with Crippen molar-refractivity contribution in [3.63, 3.8) is 0 Å². The van der Waals surface area contributed by atoms with Crippen LogP contribution >= 0.6 is 0 Å². The second kappa shape index (κ2) is 12.2. The van der Waals surface area contributed by atoms with E-state index in [4.69, 9.17) is 9.47 Å². The predicted octanol–water partition coefficient (Wildman–Crippen LogP) is 2.53. The molecule has 2 aliphatic heterocycles. The first-order valence-corrected chi connectivity index (χ1v) is 14.1. The number of urea groups is 2. The second-order valence-electron chi connectivity index (χ2n) is 12.1. The number of β-amino-alcohol motifs (C(OH)–C–C–N with tert-alkyl or cyclic N) is 2. The Bertz CT molecular complexity index is 1260. The maximum atomic E-state index is 13.5. The number of aliphatic hydroxyl groups is 2. The van der Waals surface area contributed by atoms with Crippen molar-refractivity contribution in [1.82, 2.24) is 19.6 Å². The van der Waals surface area contributed by atoms with E-state index in [9.17, 15) is 29.4 Å². The van der Waals surface area contributed by atoms with Crippen LogP contribution in [0.5, 0.6) is 11.5 Å². The highest BCUT2D eigenvalue weighted by molar-refractivity contribution is 6.08. The fraction of sp³-hybridized carbons (Fsp3) is 0.484. The van der Waals surface area contributed by atoms with E-state index in [0.717, 1.165) is 20.9 Å². The number of benzene rings is 2. The average molecular weight is 597 g/mol. The molecule has 0 spiro atoms. The van der Waals surface area contributed by atoms with Gasteiger partial charge in [0.15, 0.2) is 0 Å². The van der Waals surface area contributed by atoms with Gasteiger partial charge >= 0.3 is 12.1 Å². The molecule has 2 fully saturated rings. The summed E-state index contributed by atoms with van der Waals surface area (Å²) >= 11 is 0. The lowest BCUT2D eigenvalue weighted by Crippen LogP contribution is -2.55. The number of carbonyl (C=O) groups is 4. The Hall–Kier alpha value is -4.16. The van der Waals surface area contributed by atoms with E-state index in [2.05, 4.69) is 0 Å². The molecular weight excluding hydrogens is 556 g/mol. The molecule has 4 rings (SSSR count). The molecule has 2 heterocycles. The van der Waals surface area contributed by atoms with Crippen molar-refractivity contribution in [1.29, 1.82) is 0 Å². The van der Waals surface area contributed by atoms with Crippen LogP contribution in [0.1, 0.15) is 38.8 Å². The van der Waals surface area contributed by atoms with Crippen molar-refractivity contribution in [3.8, 4) is 11.5 Å². The molecule has 0 aliphatic carbocycles. The zero-order chi connectivity index (χ0) is 31.7. The zero-order valence-electron chi connectivity index (χ0n) is 25.4. The number of nitrogens with zero attached hydrogens (tertiary/aromatic N) is 4. The van der Waals surface area contributed by atoms with Gasteiger partial charge in [-0.2, -0.15) is 0 Å². The van der Waals surface area contributed by atoms with Crippen LogP contribution in [-0.4, -0.2) is 110 Å². The van der Waals surface area contributed by atoms with Gasteiger partial charge in [0.1, 0.15) is 54.7 Å². The van der Waals surface area contributed by atoms with Gasteiger partial charge in [-0.05, 0) is 65.8 Å². The Balaban J connectivity index is 1.39. The second-order valence-corrected chi connectivity index (χ2v) is 12.1. The number of rotatable bonds is 12. The first-order chi connectivity index (χ1) is 20.1. The van der Waals surface area contributed by atoms with Gasteiger partial charge in [0, 0.05) is 0 Å². The third-order valence-corrected chi connectivity index (χ3v) is 7.81. The van der Waals surface area contributed by atoms with Crippen LogP contribution in [0.4, 0.5) is 9.59 Å². The van der Waals surface area contributed by atoms with Gasteiger partial charge in [0.25, 0.3) is 11.8 Å². The average Bonchev–Trinajstić information content (AvgIpc) is 3.21. The largest absolute Gasteiger partial charge is 0.491 e. The van der Waals surface area contributed by atoms with Gasteiger partial charge in [-0.25, -0.2) is 9.59 Å². The van der Waals surface area contributed by atoms with Gasteiger partial charge in [0.2, 0.25) is 0 Å². The summed E-state index contributed by atoms with van der Waals surface area (Å²) in [7, 11) is 0. The molecule has 232 valence electrons. The molecule has 6 amide bonds. The van der Waals surface area contributed by atoms with E-state index >= 15 is 0 Å². The molecule has 0 saturated carbocycles. The lowest BCUT2D eigenvalue weighted by Gasteiger charge is -2.36. The molecule has 43 heavy (non-hydrogen) atoms. The van der Waals surface area contributed by atoms with E-state index in [1.807, 2.05) is 38.1 Å². The minimum absolute atomic E-state index is 0.141. The number of hydrogen-bond acceptors (Lipinski definition) is 8. The molecular formula is C31H40N4O8. The normalized spacial score (nSPS) is 19.3. The Morgan fingerprint density at radius 1 is 0.628 bits per heavy atom. The Morgan fingerprint density at radius 2 is 0.953 bits per heavy atom. The predicted molar refractivity (Wildman–Crippen MR) is 156 cm³/mol. The van der Waals surface area contributed by atoms with E-state index in [-0.39, 0.29) is 33.0 Å². The van der Waals surface area contributed by atoms with Crippen molar-refractivity contribution >= 4 is 23.9 Å². The van der Waals surface area contributed by atoms with E-state index in [0.29, 0.717) is 11.5 Å². The standard InChI is InChI=1S/C31H40N4O8/c1-20-7-11-24(12-8-20)42-17-22(36)15-32-26(38)30(3,4)34(28(32)40)19-35-29(41)33(27(39)31(35,5)6)16-23(37)18-43-25-13-9-21(2)10-14-25/h7-14,22-23,36-37H,15-19H2,1-6H3/t22-,23-/m1/s1. The van der Waals surface area contributed by atoms with Gasteiger partial charge in [-0.1, -0.05) is 35.4 Å². The fourth-order valence-electron chi connectivity index (χ4n) is 4.95. The molecule has 2 aromatic rings. The summed E-state index contributed by atoms with van der Waals surface area (Å²) in [4.78, 5) is 57.7. The number of imide groups is 2. The topological polar surface area (TPSA) is 140 Å². The van der Waals surface area contributed by atoms with Crippen LogP contribution in [0.3, 0.4) is 0 Å². The number of amides is 6. The molecule has 12 nitrogen and oxygen atoms in total. The minimum Gasteiger partial charge on any atom is -0.491 e. The molecule has 12 heteroatoms. The van der Waals surface area contributed by atoms with E-state index < -0.39 is 47.2 Å². The molecule has 2 N–H and O–H groups in total. The molecule has 2 aromatic carbocycles. The molecule has 0 radical (unpaired) electrons. The maximum absolute atomic E-state index is 13.5. The Morgan fingerprint density at radius 3 is 1.28 bits per heavy atom. The summed E-state index contributed by atoms with van der Waals surface area (Å²) < 4.78 is 11.2. The third kappa shape index (κ3) is 6.60. The molecule has 0 bridgehead atoms. The molecule has 2 atom stereocenters. The quantitative estimate of drug-likeness (QED) is 0.357. The smallest absolute Gasteiger partial charge is 0.329 e. The first-order valence-electron chi connectivity index (χ1n) is 14.1. The summed E-state index contributed by atoms with van der Waals surface area (Å²) in [6.07, 6.45) is -2.31. The van der Waals surface area contributed by atoms with Crippen molar-refractivity contribution < 1.29 is 38.9 Å².